The molecule has 0 rings (SSSR count). The van der Waals surface area contributed by atoms with Crippen LogP contribution in [0.25, 0.3) is 0 Å². The van der Waals surface area contributed by atoms with Crippen molar-refractivity contribution in [3.8, 4) is 0 Å². The summed E-state index contributed by atoms with van der Waals surface area (Å²) in [5, 5.41) is 8.22. The molecule has 0 aliphatic rings. The van der Waals surface area contributed by atoms with Gasteiger partial charge in [-0.3, -0.25) is 4.79 Å². The van der Waals surface area contributed by atoms with Crippen LogP contribution in [0.3, 0.4) is 0 Å². The molecule has 0 spiro atoms. The summed E-state index contributed by atoms with van der Waals surface area (Å²) in [5.41, 5.74) is -2.44. The Kier molecular flexibility index (Phi) is 6.16. The average molecular weight is 244 g/mol. The zero-order valence-corrected chi connectivity index (χ0v) is 10.2. The molecule has 0 amide bonds. The smallest absolute Gasteiger partial charge is 0.317 e. The van der Waals surface area contributed by atoms with Gasteiger partial charge in [-0.2, -0.15) is 0 Å². The zero-order chi connectivity index (χ0) is 10.5. The summed E-state index contributed by atoms with van der Waals surface area (Å²) in [6.07, 6.45) is 0.505. The van der Waals surface area contributed by atoms with Crippen molar-refractivity contribution >= 4 is 34.9 Å². The highest BCUT2D eigenvalue weighted by Crippen LogP contribution is 2.61. The van der Waals surface area contributed by atoms with Crippen molar-refractivity contribution < 1.29 is 18.9 Å². The molecular weight excluding hydrogens is 231 g/mol. The van der Waals surface area contributed by atoms with Crippen LogP contribution in [0.1, 0.15) is 13.3 Å². The molecule has 0 aromatic rings. The molecule has 0 fully saturated rings. The molecular formula is C6H13O4PS2. The van der Waals surface area contributed by atoms with E-state index in [0.29, 0.717) is 6.42 Å². The average Bonchev–Trinajstić information content (AvgIpc) is 2.13. The first kappa shape index (κ1) is 13.4. The highest BCUT2D eigenvalue weighted by Gasteiger charge is 2.26. The molecule has 0 radical (unpaired) electrons. The number of hydrogen-bond acceptors (Lipinski definition) is 5. The van der Waals surface area contributed by atoms with E-state index in [1.807, 2.05) is 0 Å². The molecule has 78 valence electrons. The van der Waals surface area contributed by atoms with Crippen molar-refractivity contribution in [2.45, 2.75) is 18.6 Å². The number of aliphatic carboxylic acids is 1. The van der Waals surface area contributed by atoms with Gasteiger partial charge in [-0.05, 0) is 18.2 Å². The van der Waals surface area contributed by atoms with Gasteiger partial charge in [0.2, 0.25) is 5.69 Å². The van der Waals surface area contributed by atoms with E-state index >= 15 is 0 Å². The highest BCUT2D eigenvalue weighted by molar-refractivity contribution is 8.68. The summed E-state index contributed by atoms with van der Waals surface area (Å²) in [6.45, 7) is 1.79. The lowest BCUT2D eigenvalue weighted by Gasteiger charge is -2.19. The van der Waals surface area contributed by atoms with Gasteiger partial charge >= 0.3 is 5.97 Å². The van der Waals surface area contributed by atoms with Crippen molar-refractivity contribution in [2.75, 3.05) is 14.2 Å². The highest BCUT2D eigenvalue weighted by atomic mass is 32.9. The molecule has 0 saturated carbocycles. The largest absolute Gasteiger partial charge is 0.480 e. The molecule has 0 aromatic carbocycles. The standard InChI is InChI=1S/C6H13O4PS2/c1-4-5(6(7)8)13-11(12,9-2)10-3/h5H,4H2,1-3H3,(H,7,8). The lowest BCUT2D eigenvalue weighted by molar-refractivity contribution is -0.136. The van der Waals surface area contributed by atoms with Crippen LogP contribution < -0.4 is 0 Å². The van der Waals surface area contributed by atoms with Gasteiger partial charge in [0.05, 0.1) is 0 Å². The fourth-order valence-corrected chi connectivity index (χ4v) is 4.59. The Morgan fingerprint density at radius 3 is 2.31 bits per heavy atom. The minimum atomic E-state index is -2.44. The van der Waals surface area contributed by atoms with Crippen molar-refractivity contribution in [1.29, 1.82) is 0 Å². The summed E-state index contributed by atoms with van der Waals surface area (Å²) in [7, 11) is 2.87. The number of hydrogen-bond donors (Lipinski definition) is 1. The Balaban J connectivity index is 4.37. The van der Waals surface area contributed by atoms with Gasteiger partial charge in [-0.25, -0.2) is 0 Å². The van der Waals surface area contributed by atoms with Gasteiger partial charge in [0.15, 0.2) is 0 Å². The molecule has 0 aliphatic heterocycles. The number of carboxylic acids is 1. The van der Waals surface area contributed by atoms with Crippen LogP contribution in [0.5, 0.6) is 0 Å². The second-order valence-electron chi connectivity index (χ2n) is 2.15. The Hall–Kier alpha value is 0.390. The van der Waals surface area contributed by atoms with Gasteiger partial charge in [0.25, 0.3) is 0 Å². The third kappa shape index (κ3) is 4.42. The van der Waals surface area contributed by atoms with Crippen molar-refractivity contribution in [1.82, 2.24) is 0 Å². The second kappa shape index (κ2) is 5.98. The Bertz CT molecular complexity index is 213. The van der Waals surface area contributed by atoms with Crippen molar-refractivity contribution in [3.05, 3.63) is 0 Å². The Labute approximate surface area is 86.9 Å². The van der Waals surface area contributed by atoms with E-state index in [1.54, 1.807) is 6.92 Å². The van der Waals surface area contributed by atoms with E-state index < -0.39 is 16.9 Å². The lowest BCUT2D eigenvalue weighted by atomic mass is 10.3. The van der Waals surface area contributed by atoms with Crippen LogP contribution in [-0.2, 0) is 25.6 Å². The van der Waals surface area contributed by atoms with E-state index in [-0.39, 0.29) is 0 Å². The van der Waals surface area contributed by atoms with E-state index in [4.69, 9.17) is 26.0 Å². The van der Waals surface area contributed by atoms with Crippen molar-refractivity contribution in [2.24, 2.45) is 0 Å². The molecule has 1 N–H and O–H groups in total. The molecule has 0 aliphatic carbocycles. The molecule has 1 unspecified atom stereocenters. The predicted molar refractivity (Wildman–Crippen MR) is 57.6 cm³/mol. The van der Waals surface area contributed by atoms with Crippen LogP contribution >= 0.6 is 17.1 Å². The van der Waals surface area contributed by atoms with E-state index in [9.17, 15) is 4.79 Å². The second-order valence-corrected chi connectivity index (χ2v) is 8.77. The third-order valence-corrected chi connectivity index (χ3v) is 7.39. The van der Waals surface area contributed by atoms with Gasteiger partial charge in [0.1, 0.15) is 5.25 Å². The minimum Gasteiger partial charge on any atom is -0.480 e. The number of carboxylic acid groups (broad SMARTS) is 1. The number of carbonyl (C=O) groups is 1. The maximum absolute atomic E-state index is 10.7. The minimum absolute atomic E-state index is 0.505. The number of rotatable bonds is 6. The summed E-state index contributed by atoms with van der Waals surface area (Å²) in [5.74, 6) is -0.879. The van der Waals surface area contributed by atoms with Crippen LogP contribution in [0, 0.1) is 0 Å². The van der Waals surface area contributed by atoms with E-state index in [2.05, 4.69) is 0 Å². The van der Waals surface area contributed by atoms with Crippen LogP contribution in [0.15, 0.2) is 0 Å². The SMILES string of the molecule is CCC(SP(=S)(OC)OC)C(=O)O. The zero-order valence-electron chi connectivity index (χ0n) is 7.72. The monoisotopic (exact) mass is 244 g/mol. The molecule has 4 nitrogen and oxygen atoms in total. The van der Waals surface area contributed by atoms with E-state index in [1.165, 1.54) is 14.2 Å². The molecule has 0 heterocycles. The van der Waals surface area contributed by atoms with E-state index in [0.717, 1.165) is 11.4 Å². The van der Waals surface area contributed by atoms with Crippen LogP contribution in [-0.4, -0.2) is 30.5 Å². The first-order valence-electron chi connectivity index (χ1n) is 3.61. The fraction of sp³-hybridized carbons (Fsp3) is 0.833. The molecule has 13 heavy (non-hydrogen) atoms. The molecule has 0 bridgehead atoms. The van der Waals surface area contributed by atoms with Gasteiger partial charge in [-0.15, -0.1) is 0 Å². The maximum atomic E-state index is 10.7. The van der Waals surface area contributed by atoms with Gasteiger partial charge in [-0.1, -0.05) is 18.3 Å². The predicted octanol–water partition coefficient (Wildman–Crippen LogP) is 2.10. The Morgan fingerprint density at radius 2 is 2.08 bits per heavy atom. The van der Waals surface area contributed by atoms with Crippen LogP contribution in [0.4, 0.5) is 0 Å². The molecule has 0 aromatic heterocycles. The molecule has 1 atom stereocenters. The summed E-state index contributed by atoms with van der Waals surface area (Å²) < 4.78 is 9.95. The van der Waals surface area contributed by atoms with Gasteiger partial charge in [0, 0.05) is 14.2 Å². The topological polar surface area (TPSA) is 55.8 Å². The first-order chi connectivity index (χ1) is 5.99. The summed E-state index contributed by atoms with van der Waals surface area (Å²) in [6, 6.07) is 0. The molecule has 0 saturated heterocycles. The summed E-state index contributed by atoms with van der Waals surface area (Å²) in [4.78, 5) is 10.7. The normalized spacial score (nSPS) is 14.1. The van der Waals surface area contributed by atoms with Gasteiger partial charge < -0.3 is 14.2 Å². The van der Waals surface area contributed by atoms with Crippen LogP contribution in [0.2, 0.25) is 0 Å². The quantitative estimate of drug-likeness (QED) is 0.722. The lowest BCUT2D eigenvalue weighted by Crippen LogP contribution is -2.14. The maximum Gasteiger partial charge on any atom is 0.317 e. The van der Waals surface area contributed by atoms with Crippen molar-refractivity contribution in [3.63, 3.8) is 0 Å². The Morgan fingerprint density at radius 1 is 1.62 bits per heavy atom. The third-order valence-electron chi connectivity index (χ3n) is 1.35. The summed E-state index contributed by atoms with van der Waals surface area (Å²) >= 11 is 6.11. The fourth-order valence-electron chi connectivity index (χ4n) is 0.611. The first-order valence-corrected chi connectivity index (χ1v) is 7.74. The molecule has 7 heteroatoms.